The van der Waals surface area contributed by atoms with Gasteiger partial charge in [-0.15, -0.1) is 0 Å². The first kappa shape index (κ1) is 9.29. The van der Waals surface area contributed by atoms with E-state index in [4.69, 9.17) is 4.74 Å². The zero-order valence-electron chi connectivity index (χ0n) is 10.3. The third kappa shape index (κ3) is 0.789. The Morgan fingerprint density at radius 3 is 2.67 bits per heavy atom. The van der Waals surface area contributed by atoms with E-state index in [0.717, 1.165) is 16.7 Å². The van der Waals surface area contributed by atoms with E-state index in [1.807, 2.05) is 0 Å². The highest BCUT2D eigenvalue weighted by atomic mass is 16.6. The van der Waals surface area contributed by atoms with Crippen molar-refractivity contribution < 1.29 is 9.60 Å². The predicted octanol–water partition coefficient (Wildman–Crippen LogP) is 1.78. The fourth-order valence-electron chi connectivity index (χ4n) is 6.81. The normalized spacial score (nSPS) is 69.7. The third-order valence-electron chi connectivity index (χ3n) is 7.18. The van der Waals surface area contributed by atoms with E-state index < -0.39 is 0 Å². The van der Waals surface area contributed by atoms with Gasteiger partial charge >= 0.3 is 0 Å². The van der Waals surface area contributed by atoms with Crippen LogP contribution in [0.1, 0.15) is 25.7 Å². The van der Waals surface area contributed by atoms with Gasteiger partial charge in [-0.3, -0.25) is 0 Å². The van der Waals surface area contributed by atoms with Gasteiger partial charge in [0.25, 0.3) is 0 Å². The molecule has 7 rings (SSSR count). The fourth-order valence-corrected chi connectivity index (χ4v) is 6.81. The second kappa shape index (κ2) is 2.62. The average molecular weight is 246 g/mol. The molecule has 96 valence electrons. The highest BCUT2D eigenvalue weighted by Crippen LogP contribution is 2.69. The first-order valence-electron chi connectivity index (χ1n) is 7.67. The molecule has 0 unspecified atom stereocenters. The Morgan fingerprint density at radius 2 is 1.78 bits per heavy atom. The Kier molecular flexibility index (Phi) is 1.35. The number of fused-ring (bicyclic) bond motifs is 5. The van der Waals surface area contributed by atoms with Gasteiger partial charge in [0.15, 0.2) is 6.04 Å². The molecule has 7 aliphatic rings. The number of nitrogens with zero attached hydrogens (tertiary/aromatic N) is 2. The summed E-state index contributed by atoms with van der Waals surface area (Å²) in [5.74, 6) is 4.16. The first-order valence-corrected chi connectivity index (χ1v) is 7.67. The van der Waals surface area contributed by atoms with Gasteiger partial charge in [0, 0.05) is 17.8 Å². The van der Waals surface area contributed by atoms with Gasteiger partial charge in [0.1, 0.15) is 6.04 Å². The van der Waals surface area contributed by atoms with E-state index in [-0.39, 0.29) is 6.04 Å². The Morgan fingerprint density at radius 1 is 1.00 bits per heavy atom. The lowest BCUT2D eigenvalue weighted by Crippen LogP contribution is -2.60. The van der Waals surface area contributed by atoms with Crippen LogP contribution in [-0.4, -0.2) is 29.2 Å². The zero-order valence-corrected chi connectivity index (χ0v) is 10.3. The number of ether oxygens (including phenoxy) is 1. The van der Waals surface area contributed by atoms with Gasteiger partial charge in [-0.2, -0.15) is 0 Å². The van der Waals surface area contributed by atoms with Crippen molar-refractivity contribution in [2.45, 2.75) is 50.0 Å². The summed E-state index contributed by atoms with van der Waals surface area (Å²) in [6.07, 6.45) is 6.34. The SMILES string of the molecule is [O-][N+]1=N[C@@H]2[C@@H]3CCC[C@@H]3[C@H]1[C@@H]1[C@H]3C[C@H]([C@H]4O[C@H]34)[C@H]21. The van der Waals surface area contributed by atoms with Crippen LogP contribution in [0.3, 0.4) is 0 Å². The topological polar surface area (TPSA) is 51.0 Å². The van der Waals surface area contributed by atoms with Gasteiger partial charge in [-0.25, -0.2) is 0 Å². The van der Waals surface area contributed by atoms with E-state index in [9.17, 15) is 5.21 Å². The van der Waals surface area contributed by atoms with Crippen molar-refractivity contribution in [3.05, 3.63) is 5.21 Å². The molecule has 5 fully saturated rings. The van der Waals surface area contributed by atoms with Crippen LogP contribution in [0.4, 0.5) is 0 Å². The molecule has 0 radical (unpaired) electrons. The van der Waals surface area contributed by atoms with Crippen molar-refractivity contribution >= 4 is 0 Å². The van der Waals surface area contributed by atoms with Gasteiger partial charge in [-0.05, 0) is 42.1 Å². The highest BCUT2D eigenvalue weighted by molar-refractivity contribution is 5.21. The van der Waals surface area contributed by atoms with E-state index in [0.29, 0.717) is 41.9 Å². The maximum Gasteiger partial charge on any atom is 0.196 e. The number of rotatable bonds is 0. The van der Waals surface area contributed by atoms with Crippen molar-refractivity contribution in [2.75, 3.05) is 0 Å². The minimum Gasteiger partial charge on any atom is -0.600 e. The number of hydroxylamine groups is 1. The second-order valence-corrected chi connectivity index (χ2v) is 7.44. The van der Waals surface area contributed by atoms with Crippen LogP contribution in [0.2, 0.25) is 0 Å². The molecule has 1 saturated heterocycles. The molecule has 0 aromatic carbocycles. The van der Waals surface area contributed by atoms with Crippen LogP contribution in [-0.2, 0) is 4.74 Å². The van der Waals surface area contributed by atoms with Crippen LogP contribution in [0.25, 0.3) is 0 Å². The Hall–Kier alpha value is -0.640. The number of hydrogen-bond donors (Lipinski definition) is 0. The summed E-state index contributed by atoms with van der Waals surface area (Å²) in [5.41, 5.74) is 0. The molecule has 4 saturated carbocycles. The van der Waals surface area contributed by atoms with E-state index >= 15 is 0 Å². The van der Waals surface area contributed by atoms with Gasteiger partial charge in [0.05, 0.1) is 12.2 Å². The van der Waals surface area contributed by atoms with Crippen molar-refractivity contribution in [3.63, 3.8) is 0 Å². The van der Waals surface area contributed by atoms with Crippen LogP contribution >= 0.6 is 0 Å². The van der Waals surface area contributed by atoms with Crippen LogP contribution in [0.15, 0.2) is 5.11 Å². The molecule has 3 heterocycles. The molecule has 4 aliphatic carbocycles. The molecule has 0 aromatic rings. The summed E-state index contributed by atoms with van der Waals surface area (Å²) in [7, 11) is 0. The molecule has 10 atom stereocenters. The van der Waals surface area contributed by atoms with Gasteiger partial charge < -0.3 is 9.94 Å². The molecule has 3 aliphatic heterocycles. The Balaban J connectivity index is 1.53. The van der Waals surface area contributed by atoms with Crippen molar-refractivity contribution in [1.82, 2.24) is 0 Å². The van der Waals surface area contributed by atoms with Crippen LogP contribution in [0, 0.1) is 40.7 Å². The Labute approximate surface area is 106 Å². The lowest BCUT2D eigenvalue weighted by Gasteiger charge is -2.49. The molecule has 4 bridgehead atoms. The molecular weight excluding hydrogens is 228 g/mol. The van der Waals surface area contributed by atoms with E-state index in [2.05, 4.69) is 5.11 Å². The fraction of sp³-hybridized carbons (Fsp3) is 1.00. The predicted molar refractivity (Wildman–Crippen MR) is 61.7 cm³/mol. The van der Waals surface area contributed by atoms with Crippen molar-refractivity contribution in [2.24, 2.45) is 40.6 Å². The standard InChI is InChI=1S/C14H18N2O2/c17-16-12-6-3-1-2-5(6)11(15-16)9-7-4-8(10(9)12)14-13(7)18-14/h5-14H,1-4H2/t5-,6+,7+,8-,9+,10-,11-,12+,13-,14-/m1/s1. The lowest BCUT2D eigenvalue weighted by molar-refractivity contribution is -0.617. The second-order valence-electron chi connectivity index (χ2n) is 7.44. The highest BCUT2D eigenvalue weighted by Gasteiger charge is 2.76. The number of epoxide rings is 1. The molecule has 0 aromatic heterocycles. The minimum absolute atomic E-state index is 0.215. The summed E-state index contributed by atoms with van der Waals surface area (Å²) in [6.45, 7) is 0. The molecule has 18 heavy (non-hydrogen) atoms. The lowest BCUT2D eigenvalue weighted by atomic mass is 9.58. The smallest absolute Gasteiger partial charge is 0.196 e. The third-order valence-corrected chi connectivity index (χ3v) is 7.18. The van der Waals surface area contributed by atoms with Gasteiger partial charge in [-0.1, -0.05) is 11.3 Å². The number of azo groups is 1. The maximum absolute atomic E-state index is 12.2. The maximum atomic E-state index is 12.2. The number of hydrogen-bond acceptors (Lipinski definition) is 3. The summed E-state index contributed by atoms with van der Waals surface area (Å²) in [5, 5.41) is 16.8. The summed E-state index contributed by atoms with van der Waals surface area (Å²) in [6, 6.07) is 0.567. The molecule has 0 amide bonds. The van der Waals surface area contributed by atoms with Crippen molar-refractivity contribution in [3.8, 4) is 0 Å². The minimum atomic E-state index is 0.215. The monoisotopic (exact) mass is 246 g/mol. The molecule has 0 spiro atoms. The quantitative estimate of drug-likeness (QED) is 0.371. The average Bonchev–Trinajstić information content (AvgIpc) is 2.76. The molecule has 4 nitrogen and oxygen atoms in total. The van der Waals surface area contributed by atoms with E-state index in [1.165, 1.54) is 25.7 Å². The molecular formula is C14H18N2O2. The summed E-state index contributed by atoms with van der Waals surface area (Å²) < 4.78 is 5.85. The van der Waals surface area contributed by atoms with Gasteiger partial charge in [0.2, 0.25) is 0 Å². The summed E-state index contributed by atoms with van der Waals surface area (Å²) in [4.78, 5) is 1.14. The summed E-state index contributed by atoms with van der Waals surface area (Å²) >= 11 is 0. The van der Waals surface area contributed by atoms with Crippen LogP contribution < -0.4 is 0 Å². The molecule has 0 N–H and O–H groups in total. The van der Waals surface area contributed by atoms with E-state index in [1.54, 1.807) is 0 Å². The first-order chi connectivity index (χ1) is 8.84. The van der Waals surface area contributed by atoms with Crippen molar-refractivity contribution in [1.29, 1.82) is 0 Å². The van der Waals surface area contributed by atoms with Crippen LogP contribution in [0.5, 0.6) is 0 Å². The largest absolute Gasteiger partial charge is 0.600 e. The zero-order chi connectivity index (χ0) is 11.6. The Bertz CT molecular complexity index is 478. The molecule has 4 heteroatoms.